The Balaban J connectivity index is 1.23. The summed E-state index contributed by atoms with van der Waals surface area (Å²) in [7, 11) is 1.99. The average molecular weight is 442 g/mol. The van der Waals surface area contributed by atoms with Crippen molar-refractivity contribution < 1.29 is 9.59 Å². The molecule has 0 radical (unpaired) electrons. The van der Waals surface area contributed by atoms with E-state index in [2.05, 4.69) is 22.0 Å². The number of hydrogen-bond donors (Lipinski definition) is 1. The van der Waals surface area contributed by atoms with Crippen molar-refractivity contribution in [2.75, 3.05) is 57.3 Å². The molecule has 2 aliphatic heterocycles. The van der Waals surface area contributed by atoms with Gasteiger partial charge in [0.2, 0.25) is 11.8 Å². The molecular formula is C23H35N7O2. The number of nitrogens with one attached hydrogen (secondary N) is 1. The molecule has 0 saturated carbocycles. The predicted molar refractivity (Wildman–Crippen MR) is 124 cm³/mol. The number of rotatable bonds is 9. The second kappa shape index (κ2) is 10.3. The smallest absolute Gasteiger partial charge is 0.229 e. The maximum atomic E-state index is 12.6. The summed E-state index contributed by atoms with van der Waals surface area (Å²) in [6, 6.07) is 5.99. The summed E-state index contributed by atoms with van der Waals surface area (Å²) in [6.07, 6.45) is 3.49. The van der Waals surface area contributed by atoms with Gasteiger partial charge in [-0.15, -0.1) is 0 Å². The van der Waals surface area contributed by atoms with E-state index in [1.807, 2.05) is 40.7 Å². The third kappa shape index (κ3) is 5.21. The van der Waals surface area contributed by atoms with Gasteiger partial charge in [0.25, 0.3) is 0 Å². The number of piperazine rings is 1. The molecule has 1 N–H and O–H groups in total. The van der Waals surface area contributed by atoms with Gasteiger partial charge in [-0.05, 0) is 25.1 Å². The van der Waals surface area contributed by atoms with Crippen LogP contribution in [0.1, 0.15) is 26.2 Å². The number of nitrogens with zero attached hydrogens (tertiary/aromatic N) is 6. The van der Waals surface area contributed by atoms with Gasteiger partial charge in [0.1, 0.15) is 11.5 Å². The lowest BCUT2D eigenvalue weighted by atomic mass is 10.2. The molecule has 32 heavy (non-hydrogen) atoms. The van der Waals surface area contributed by atoms with Crippen LogP contribution >= 0.6 is 0 Å². The molecule has 0 spiro atoms. The van der Waals surface area contributed by atoms with Crippen molar-refractivity contribution in [3.8, 4) is 11.4 Å². The van der Waals surface area contributed by atoms with Crippen molar-refractivity contribution in [2.24, 2.45) is 7.05 Å². The van der Waals surface area contributed by atoms with Crippen LogP contribution in [0.2, 0.25) is 0 Å². The fourth-order valence-electron chi connectivity index (χ4n) is 4.51. The number of anilines is 1. The van der Waals surface area contributed by atoms with Crippen LogP contribution in [0.5, 0.6) is 0 Å². The first-order valence-corrected chi connectivity index (χ1v) is 11.8. The average Bonchev–Trinajstić information content (AvgIpc) is 3.41. The Morgan fingerprint density at radius 3 is 2.62 bits per heavy atom. The number of carbonyl (C=O) groups is 2. The summed E-state index contributed by atoms with van der Waals surface area (Å²) in [6.45, 7) is 10.4. The maximum Gasteiger partial charge on any atom is 0.229 e. The molecule has 9 nitrogen and oxygen atoms in total. The van der Waals surface area contributed by atoms with E-state index in [9.17, 15) is 9.59 Å². The predicted octanol–water partition coefficient (Wildman–Crippen LogP) is 1.16. The lowest BCUT2D eigenvalue weighted by Crippen LogP contribution is -2.48. The van der Waals surface area contributed by atoms with Crippen LogP contribution in [0.4, 0.5) is 5.82 Å². The van der Waals surface area contributed by atoms with Crippen LogP contribution in [0.25, 0.3) is 11.4 Å². The van der Waals surface area contributed by atoms with E-state index in [-0.39, 0.29) is 11.8 Å². The van der Waals surface area contributed by atoms with Crippen molar-refractivity contribution >= 4 is 17.6 Å². The minimum absolute atomic E-state index is 0.0552. The van der Waals surface area contributed by atoms with Gasteiger partial charge in [-0.2, -0.15) is 5.10 Å². The van der Waals surface area contributed by atoms with Crippen molar-refractivity contribution in [1.82, 2.24) is 29.5 Å². The molecule has 0 aromatic carbocycles. The number of aromatic nitrogens is 3. The van der Waals surface area contributed by atoms with Gasteiger partial charge < -0.3 is 14.8 Å². The van der Waals surface area contributed by atoms with E-state index >= 15 is 0 Å². The Kier molecular flexibility index (Phi) is 7.26. The summed E-state index contributed by atoms with van der Waals surface area (Å²) in [5.74, 6) is 0.978. The number of hydrogen-bond acceptors (Lipinski definition) is 5. The van der Waals surface area contributed by atoms with Gasteiger partial charge in [0.05, 0.1) is 12.2 Å². The third-order valence-electron chi connectivity index (χ3n) is 6.53. The van der Waals surface area contributed by atoms with Crippen LogP contribution in [0.15, 0.2) is 24.4 Å². The maximum absolute atomic E-state index is 12.6. The Morgan fingerprint density at radius 2 is 1.91 bits per heavy atom. The highest BCUT2D eigenvalue weighted by molar-refractivity contribution is 5.94. The standard InChI is InChI=1S/C23H35N7O2/c1-3-27-14-16-28(17-15-27)13-9-24-21(31)7-5-11-29-22-18-19(20-6-4-10-26(20)2)25-30(22)12-8-23(29)32/h4,6,10,18H,3,5,7-9,11-17H2,1-2H3,(H,24,31). The molecule has 9 heteroatoms. The van der Waals surface area contributed by atoms with Gasteiger partial charge in [-0.1, -0.05) is 6.92 Å². The van der Waals surface area contributed by atoms with Crippen LogP contribution in [0, 0.1) is 0 Å². The molecule has 1 saturated heterocycles. The Bertz CT molecular complexity index is 927. The normalized spacial score (nSPS) is 17.6. The zero-order valence-corrected chi connectivity index (χ0v) is 19.3. The molecule has 0 aliphatic carbocycles. The van der Waals surface area contributed by atoms with Gasteiger partial charge in [0, 0.05) is 78.0 Å². The lowest BCUT2D eigenvalue weighted by Gasteiger charge is -2.33. The summed E-state index contributed by atoms with van der Waals surface area (Å²) < 4.78 is 3.93. The molecule has 4 heterocycles. The van der Waals surface area contributed by atoms with Crippen LogP contribution in [-0.2, 0) is 23.2 Å². The van der Waals surface area contributed by atoms with Crippen LogP contribution < -0.4 is 10.2 Å². The van der Waals surface area contributed by atoms with Crippen molar-refractivity contribution in [2.45, 2.75) is 32.7 Å². The number of amides is 2. The van der Waals surface area contributed by atoms with E-state index < -0.39 is 0 Å². The van der Waals surface area contributed by atoms with Gasteiger partial charge in [0.15, 0.2) is 0 Å². The molecule has 2 aliphatic rings. The highest BCUT2D eigenvalue weighted by Gasteiger charge is 2.26. The van der Waals surface area contributed by atoms with Gasteiger partial charge in [-0.25, -0.2) is 4.68 Å². The highest BCUT2D eigenvalue weighted by Crippen LogP contribution is 2.28. The fourth-order valence-corrected chi connectivity index (χ4v) is 4.51. The molecule has 0 bridgehead atoms. The molecule has 1 fully saturated rings. The summed E-state index contributed by atoms with van der Waals surface area (Å²) in [4.78, 5) is 31.5. The first-order valence-electron chi connectivity index (χ1n) is 11.8. The quantitative estimate of drug-likeness (QED) is 0.632. The fraction of sp³-hybridized carbons (Fsp3) is 0.609. The van der Waals surface area contributed by atoms with Crippen LogP contribution in [0.3, 0.4) is 0 Å². The zero-order valence-electron chi connectivity index (χ0n) is 19.3. The molecule has 174 valence electrons. The minimum Gasteiger partial charge on any atom is -0.355 e. The molecule has 4 rings (SSSR count). The summed E-state index contributed by atoms with van der Waals surface area (Å²) >= 11 is 0. The molecule has 0 atom stereocenters. The first kappa shape index (κ1) is 22.5. The topological polar surface area (TPSA) is 78.6 Å². The van der Waals surface area contributed by atoms with Gasteiger partial charge >= 0.3 is 0 Å². The van der Waals surface area contributed by atoms with Crippen molar-refractivity contribution in [3.63, 3.8) is 0 Å². The highest BCUT2D eigenvalue weighted by atomic mass is 16.2. The van der Waals surface area contributed by atoms with Gasteiger partial charge in [-0.3, -0.25) is 19.4 Å². The summed E-state index contributed by atoms with van der Waals surface area (Å²) in [5.41, 5.74) is 1.89. The molecule has 2 aromatic heterocycles. The molecule has 2 amide bonds. The number of fused-ring (bicyclic) bond motifs is 1. The second-order valence-electron chi connectivity index (χ2n) is 8.64. The van der Waals surface area contributed by atoms with E-state index in [0.717, 1.165) is 56.5 Å². The monoisotopic (exact) mass is 441 g/mol. The van der Waals surface area contributed by atoms with E-state index in [1.54, 1.807) is 4.90 Å². The second-order valence-corrected chi connectivity index (χ2v) is 8.64. The number of likely N-dealkylation sites (N-methyl/N-ethyl adjacent to an activating group) is 1. The molecular weight excluding hydrogens is 406 g/mol. The van der Waals surface area contributed by atoms with Crippen molar-refractivity contribution in [3.05, 3.63) is 24.4 Å². The number of carbonyl (C=O) groups excluding carboxylic acids is 2. The Morgan fingerprint density at radius 1 is 1.12 bits per heavy atom. The molecule has 2 aromatic rings. The lowest BCUT2D eigenvalue weighted by molar-refractivity contribution is -0.122. The molecule has 0 unspecified atom stereocenters. The van der Waals surface area contributed by atoms with E-state index in [0.29, 0.717) is 38.9 Å². The first-order chi connectivity index (χ1) is 15.5. The largest absolute Gasteiger partial charge is 0.355 e. The minimum atomic E-state index is 0.0552. The number of aryl methyl sites for hydroxylation is 2. The SMILES string of the molecule is CCN1CCN(CCNC(=O)CCCN2C(=O)CCn3nc(-c4cccn4C)cc32)CC1. The third-order valence-corrected chi connectivity index (χ3v) is 6.53. The Labute approximate surface area is 189 Å². The van der Waals surface area contributed by atoms with E-state index in [1.165, 1.54) is 0 Å². The summed E-state index contributed by atoms with van der Waals surface area (Å²) in [5, 5.41) is 7.73. The van der Waals surface area contributed by atoms with Crippen LogP contribution in [-0.4, -0.2) is 88.3 Å². The zero-order chi connectivity index (χ0) is 22.5. The Hall–Kier alpha value is -2.65. The van der Waals surface area contributed by atoms with Crippen molar-refractivity contribution in [1.29, 1.82) is 0 Å². The van der Waals surface area contributed by atoms with E-state index in [4.69, 9.17) is 5.10 Å².